The lowest BCUT2D eigenvalue weighted by atomic mass is 10.0. The van der Waals surface area contributed by atoms with Crippen LogP contribution in [0.1, 0.15) is 12.6 Å². The van der Waals surface area contributed by atoms with Crippen LogP contribution < -0.4 is 5.14 Å². The maximum absolute atomic E-state index is 11.3. The molecule has 0 spiro atoms. The number of aromatic nitrogens is 2. The topological polar surface area (TPSA) is 88.8 Å². The van der Waals surface area contributed by atoms with E-state index in [4.69, 9.17) is 5.14 Å². The first-order chi connectivity index (χ1) is 9.99. The highest BCUT2D eigenvalue weighted by atomic mass is 32.2. The third-order valence-electron chi connectivity index (χ3n) is 3.46. The van der Waals surface area contributed by atoms with E-state index in [-0.39, 0.29) is 4.90 Å². The zero-order valence-corrected chi connectivity index (χ0v) is 12.3. The molecule has 0 atom stereocenters. The van der Waals surface area contributed by atoms with Gasteiger partial charge in [-0.3, -0.25) is 0 Å². The smallest absolute Gasteiger partial charge is 0.238 e. The fourth-order valence-electron chi connectivity index (χ4n) is 2.35. The molecular weight excluding hydrogens is 286 g/mol. The predicted molar refractivity (Wildman–Crippen MR) is 82.3 cm³/mol. The number of aromatic amines is 1. The second-order valence-corrected chi connectivity index (χ2v) is 6.40. The Bertz CT molecular complexity index is 896. The van der Waals surface area contributed by atoms with Crippen LogP contribution in [0.25, 0.3) is 22.2 Å². The molecule has 0 aliphatic carbocycles. The third kappa shape index (κ3) is 2.55. The van der Waals surface area contributed by atoms with E-state index in [0.29, 0.717) is 0 Å². The lowest BCUT2D eigenvalue weighted by molar-refractivity contribution is 0.598. The van der Waals surface area contributed by atoms with Crippen molar-refractivity contribution in [2.24, 2.45) is 5.14 Å². The first kappa shape index (κ1) is 13.8. The number of hydrogen-bond acceptors (Lipinski definition) is 3. The van der Waals surface area contributed by atoms with Crippen LogP contribution in [0.15, 0.2) is 47.5 Å². The molecule has 0 amide bonds. The Balaban J connectivity index is 2.14. The molecule has 5 nitrogen and oxygen atoms in total. The quantitative estimate of drug-likeness (QED) is 0.778. The van der Waals surface area contributed by atoms with Gasteiger partial charge in [0, 0.05) is 17.3 Å². The minimum absolute atomic E-state index is 0.111. The van der Waals surface area contributed by atoms with Crippen LogP contribution in [0.5, 0.6) is 0 Å². The molecule has 0 unspecified atom stereocenters. The van der Waals surface area contributed by atoms with Crippen molar-refractivity contribution in [3.05, 3.63) is 48.3 Å². The molecule has 2 aromatic heterocycles. The van der Waals surface area contributed by atoms with Crippen molar-refractivity contribution in [1.82, 2.24) is 9.97 Å². The fraction of sp³-hybridized carbons (Fsp3) is 0.133. The van der Waals surface area contributed by atoms with Gasteiger partial charge in [0.1, 0.15) is 5.65 Å². The molecule has 3 rings (SSSR count). The number of aryl methyl sites for hydroxylation is 1. The van der Waals surface area contributed by atoms with Gasteiger partial charge in [0.25, 0.3) is 0 Å². The maximum atomic E-state index is 11.3. The van der Waals surface area contributed by atoms with E-state index < -0.39 is 10.0 Å². The number of nitrogens with zero attached hydrogens (tertiary/aromatic N) is 1. The Hall–Kier alpha value is -2.18. The summed E-state index contributed by atoms with van der Waals surface area (Å²) in [7, 11) is -3.66. The van der Waals surface area contributed by atoms with Crippen molar-refractivity contribution in [2.75, 3.05) is 0 Å². The Morgan fingerprint density at radius 1 is 1.19 bits per heavy atom. The van der Waals surface area contributed by atoms with Gasteiger partial charge >= 0.3 is 0 Å². The largest absolute Gasteiger partial charge is 0.343 e. The number of benzene rings is 1. The molecule has 0 saturated carbocycles. The van der Waals surface area contributed by atoms with Crippen LogP contribution in [0, 0.1) is 0 Å². The summed E-state index contributed by atoms with van der Waals surface area (Å²) in [6.07, 6.45) is 2.64. The SMILES string of the molecule is CCc1cc2c(-c3ccc(S(N)(=O)=O)cc3)ccnc2[nH]1. The highest BCUT2D eigenvalue weighted by Crippen LogP contribution is 2.28. The number of hydrogen-bond donors (Lipinski definition) is 2. The molecule has 3 N–H and O–H groups in total. The first-order valence-corrected chi connectivity index (χ1v) is 8.13. The lowest BCUT2D eigenvalue weighted by Crippen LogP contribution is -2.11. The van der Waals surface area contributed by atoms with E-state index in [9.17, 15) is 8.42 Å². The molecule has 0 aliphatic rings. The molecule has 1 aromatic carbocycles. The van der Waals surface area contributed by atoms with Gasteiger partial charge in [0.15, 0.2) is 0 Å². The van der Waals surface area contributed by atoms with E-state index in [1.54, 1.807) is 18.3 Å². The molecule has 0 fully saturated rings. The number of sulfonamides is 1. The molecule has 21 heavy (non-hydrogen) atoms. The number of rotatable bonds is 3. The van der Waals surface area contributed by atoms with Crippen molar-refractivity contribution in [3.63, 3.8) is 0 Å². The van der Waals surface area contributed by atoms with Crippen LogP contribution in [0.3, 0.4) is 0 Å². The van der Waals surface area contributed by atoms with Gasteiger partial charge in [-0.2, -0.15) is 0 Å². The molecule has 6 heteroatoms. The molecular formula is C15H15N3O2S. The summed E-state index contributed by atoms with van der Waals surface area (Å²) in [6, 6.07) is 10.5. The Morgan fingerprint density at radius 3 is 2.52 bits per heavy atom. The second kappa shape index (κ2) is 4.98. The zero-order chi connectivity index (χ0) is 15.0. The normalized spacial score (nSPS) is 11.9. The molecule has 0 bridgehead atoms. The number of pyridine rings is 1. The standard InChI is InChI=1S/C15H15N3O2S/c1-2-11-9-14-13(7-8-17-15(14)18-11)10-3-5-12(6-4-10)21(16,19)20/h3-9H,2H2,1H3,(H,17,18)(H2,16,19,20). The van der Waals surface area contributed by atoms with Crippen molar-refractivity contribution >= 4 is 21.1 Å². The van der Waals surface area contributed by atoms with Crippen molar-refractivity contribution in [3.8, 4) is 11.1 Å². The van der Waals surface area contributed by atoms with Gasteiger partial charge in [0.2, 0.25) is 10.0 Å². The monoisotopic (exact) mass is 301 g/mol. The minimum Gasteiger partial charge on any atom is -0.343 e. The Labute approximate surface area is 122 Å². The summed E-state index contributed by atoms with van der Waals surface area (Å²) in [5.41, 5.74) is 3.89. The molecule has 0 radical (unpaired) electrons. The van der Waals surface area contributed by atoms with Gasteiger partial charge in [0.05, 0.1) is 4.90 Å². The van der Waals surface area contributed by atoms with E-state index in [1.165, 1.54) is 12.1 Å². The lowest BCUT2D eigenvalue weighted by Gasteiger charge is -2.04. The van der Waals surface area contributed by atoms with Crippen LogP contribution in [0.4, 0.5) is 0 Å². The Morgan fingerprint density at radius 2 is 1.90 bits per heavy atom. The molecule has 2 heterocycles. The number of nitrogens with two attached hydrogens (primary N) is 1. The maximum Gasteiger partial charge on any atom is 0.238 e. The van der Waals surface area contributed by atoms with Gasteiger partial charge in [-0.05, 0) is 41.8 Å². The van der Waals surface area contributed by atoms with Crippen LogP contribution in [-0.2, 0) is 16.4 Å². The van der Waals surface area contributed by atoms with Crippen molar-refractivity contribution in [1.29, 1.82) is 0 Å². The van der Waals surface area contributed by atoms with Crippen LogP contribution >= 0.6 is 0 Å². The summed E-state index contributed by atoms with van der Waals surface area (Å²) < 4.78 is 22.6. The summed E-state index contributed by atoms with van der Waals surface area (Å²) in [5, 5.41) is 6.14. The van der Waals surface area contributed by atoms with Crippen LogP contribution in [-0.4, -0.2) is 18.4 Å². The molecule has 3 aromatic rings. The summed E-state index contributed by atoms with van der Waals surface area (Å²) in [4.78, 5) is 7.70. The highest BCUT2D eigenvalue weighted by Gasteiger charge is 2.10. The molecule has 0 aliphatic heterocycles. The molecule has 108 valence electrons. The highest BCUT2D eigenvalue weighted by molar-refractivity contribution is 7.89. The second-order valence-electron chi connectivity index (χ2n) is 4.84. The number of fused-ring (bicyclic) bond motifs is 1. The summed E-state index contributed by atoms with van der Waals surface area (Å²) in [5.74, 6) is 0. The number of primary sulfonamides is 1. The minimum atomic E-state index is -3.66. The van der Waals surface area contributed by atoms with E-state index in [1.807, 2.05) is 6.07 Å². The molecule has 0 saturated heterocycles. The predicted octanol–water partition coefficient (Wildman–Crippen LogP) is 2.44. The number of H-pyrrole nitrogens is 1. The van der Waals surface area contributed by atoms with Gasteiger partial charge in [-0.25, -0.2) is 18.5 Å². The average molecular weight is 301 g/mol. The Kier molecular flexibility index (Phi) is 3.27. The van der Waals surface area contributed by atoms with E-state index >= 15 is 0 Å². The van der Waals surface area contributed by atoms with Crippen LogP contribution in [0.2, 0.25) is 0 Å². The van der Waals surface area contributed by atoms with Gasteiger partial charge < -0.3 is 4.98 Å². The van der Waals surface area contributed by atoms with Crippen molar-refractivity contribution < 1.29 is 8.42 Å². The van der Waals surface area contributed by atoms with Crippen molar-refractivity contribution in [2.45, 2.75) is 18.2 Å². The summed E-state index contributed by atoms with van der Waals surface area (Å²) in [6.45, 7) is 2.07. The first-order valence-electron chi connectivity index (χ1n) is 6.59. The third-order valence-corrected chi connectivity index (χ3v) is 4.39. The fourth-order valence-corrected chi connectivity index (χ4v) is 2.86. The van der Waals surface area contributed by atoms with Gasteiger partial charge in [-0.1, -0.05) is 19.1 Å². The number of nitrogens with one attached hydrogen (secondary N) is 1. The van der Waals surface area contributed by atoms with E-state index in [2.05, 4.69) is 23.0 Å². The zero-order valence-electron chi connectivity index (χ0n) is 11.5. The average Bonchev–Trinajstić information content (AvgIpc) is 2.89. The van der Waals surface area contributed by atoms with Gasteiger partial charge in [-0.15, -0.1) is 0 Å². The van der Waals surface area contributed by atoms with E-state index in [0.717, 1.165) is 34.3 Å². The summed E-state index contributed by atoms with van der Waals surface area (Å²) >= 11 is 0.